The highest BCUT2D eigenvalue weighted by Crippen LogP contribution is 2.53. The lowest BCUT2D eigenvalue weighted by Crippen LogP contribution is -2.04. The van der Waals surface area contributed by atoms with Crippen LogP contribution in [0.15, 0.2) is 198 Å². The van der Waals surface area contributed by atoms with E-state index in [0.717, 1.165) is 111 Å². The van der Waals surface area contributed by atoms with Crippen LogP contribution in [0.5, 0.6) is 0 Å². The average Bonchev–Trinajstić information content (AvgIpc) is 3.85. The Hall–Kier alpha value is -7.63. The van der Waals surface area contributed by atoms with Gasteiger partial charge in [0.2, 0.25) is 0 Å². The van der Waals surface area contributed by atoms with E-state index in [1.807, 2.05) is 30.3 Å². The fraction of sp³-hybridized carbons (Fsp3) is 0. The summed E-state index contributed by atoms with van der Waals surface area (Å²) in [5, 5.41) is 18.2. The van der Waals surface area contributed by atoms with E-state index < -0.39 is 0 Å². The number of fused-ring (bicyclic) bond motifs is 6. The number of aromatic nitrogens is 3. The zero-order valence-corrected chi connectivity index (χ0v) is 30.1. The summed E-state index contributed by atoms with van der Waals surface area (Å²) in [6.07, 6.45) is 0. The average molecular weight is 714 g/mol. The number of rotatable bonds is 6. The molecule has 56 heavy (non-hydrogen) atoms. The van der Waals surface area contributed by atoms with Crippen molar-refractivity contribution in [2.45, 2.75) is 0 Å². The zero-order chi connectivity index (χ0) is 37.0. The molecule has 0 fully saturated rings. The minimum atomic E-state index is 0.746. The Balaban J connectivity index is 1.27. The first-order valence-corrected chi connectivity index (χ1v) is 18.8. The van der Waals surface area contributed by atoms with Crippen molar-refractivity contribution in [2.75, 3.05) is 0 Å². The van der Waals surface area contributed by atoms with Crippen molar-refractivity contribution < 1.29 is 0 Å². The molecule has 0 bridgehead atoms. The lowest BCUT2D eigenvalue weighted by Gasteiger charge is -2.21. The molecule has 0 unspecified atom stereocenters. The second-order valence-corrected chi connectivity index (χ2v) is 14.0. The molecule has 8 aromatic carbocycles. The summed E-state index contributed by atoms with van der Waals surface area (Å²) in [5.74, 6) is 0. The van der Waals surface area contributed by atoms with Crippen molar-refractivity contribution in [3.63, 3.8) is 0 Å². The van der Waals surface area contributed by atoms with E-state index in [1.54, 1.807) is 0 Å². The van der Waals surface area contributed by atoms with Gasteiger partial charge in [0.25, 0.3) is 0 Å². The van der Waals surface area contributed by atoms with Gasteiger partial charge in [-0.3, -0.25) is 0 Å². The van der Waals surface area contributed by atoms with Crippen molar-refractivity contribution in [1.29, 1.82) is 0 Å². The van der Waals surface area contributed by atoms with Crippen molar-refractivity contribution >= 4 is 11.4 Å². The molecule has 0 atom stereocenters. The van der Waals surface area contributed by atoms with Crippen LogP contribution in [-0.2, 0) is 0 Å². The van der Waals surface area contributed by atoms with Crippen molar-refractivity contribution in [3.05, 3.63) is 209 Å². The molecule has 0 saturated heterocycles. The Labute approximate surface area is 323 Å². The summed E-state index contributed by atoms with van der Waals surface area (Å²) in [7, 11) is 0. The van der Waals surface area contributed by atoms with Gasteiger partial charge in [-0.1, -0.05) is 158 Å². The first-order chi connectivity index (χ1) is 27.8. The van der Waals surface area contributed by atoms with Crippen molar-refractivity contribution in [1.82, 2.24) is 15.4 Å². The summed E-state index contributed by atoms with van der Waals surface area (Å²) in [6, 6.07) is 65.6. The third-order valence-corrected chi connectivity index (χ3v) is 10.9. The van der Waals surface area contributed by atoms with Gasteiger partial charge >= 0.3 is 0 Å². The van der Waals surface area contributed by atoms with Crippen LogP contribution in [0.1, 0.15) is 0 Å². The largest absolute Gasteiger partial charge is 0.248 e. The number of para-hydroxylation sites is 1. The quantitative estimate of drug-likeness (QED) is 0.172. The SMILES string of the molecule is c1ccc(-c2ccccc2-c2ccccc2-c2c(-c3nnnc(-c4ccccc4)c3-c3ccccc3)ccc3c2-c2c4c(ccc2=N3)=c2ccccc2=N4)cc1. The summed E-state index contributed by atoms with van der Waals surface area (Å²) in [6.45, 7) is 0. The highest BCUT2D eigenvalue weighted by atomic mass is 15.3. The van der Waals surface area contributed by atoms with Crippen LogP contribution in [0, 0.1) is 10.4 Å². The van der Waals surface area contributed by atoms with Crippen LogP contribution in [0.4, 0.5) is 11.4 Å². The molecule has 0 saturated carbocycles. The van der Waals surface area contributed by atoms with Crippen LogP contribution in [-0.4, -0.2) is 15.4 Å². The third kappa shape index (κ3) is 5.06. The Morgan fingerprint density at radius 1 is 0.286 bits per heavy atom. The van der Waals surface area contributed by atoms with Crippen LogP contribution >= 0.6 is 0 Å². The number of hydrogen-bond acceptors (Lipinski definition) is 5. The van der Waals surface area contributed by atoms with Gasteiger partial charge in [0.15, 0.2) is 0 Å². The zero-order valence-electron chi connectivity index (χ0n) is 30.1. The maximum absolute atomic E-state index is 5.28. The molecule has 2 aliphatic heterocycles. The van der Waals surface area contributed by atoms with Gasteiger partial charge < -0.3 is 0 Å². The topological polar surface area (TPSA) is 63.4 Å². The molecular formula is C51H31N5. The predicted molar refractivity (Wildman–Crippen MR) is 224 cm³/mol. The van der Waals surface area contributed by atoms with E-state index in [2.05, 4.69) is 163 Å². The fourth-order valence-electron chi connectivity index (χ4n) is 8.43. The molecule has 260 valence electrons. The van der Waals surface area contributed by atoms with E-state index in [4.69, 9.17) is 20.2 Å². The molecule has 0 N–H and O–H groups in total. The Kier molecular flexibility index (Phi) is 7.42. The van der Waals surface area contributed by atoms with E-state index in [9.17, 15) is 0 Å². The number of benzene rings is 8. The highest BCUT2D eigenvalue weighted by Gasteiger charge is 2.30. The van der Waals surface area contributed by atoms with Crippen LogP contribution in [0.3, 0.4) is 0 Å². The highest BCUT2D eigenvalue weighted by molar-refractivity contribution is 6.08. The van der Waals surface area contributed by atoms with Gasteiger partial charge in [-0.2, -0.15) is 0 Å². The molecule has 0 spiro atoms. The van der Waals surface area contributed by atoms with Gasteiger partial charge in [-0.15, -0.1) is 10.2 Å². The third-order valence-electron chi connectivity index (χ3n) is 10.9. The molecular weight excluding hydrogens is 683 g/mol. The summed E-state index contributed by atoms with van der Waals surface area (Å²) < 4.78 is 0. The summed E-state index contributed by atoms with van der Waals surface area (Å²) >= 11 is 0. The Bertz CT molecular complexity index is 3240. The molecule has 3 heterocycles. The van der Waals surface area contributed by atoms with Crippen LogP contribution in [0.25, 0.3) is 78.1 Å². The summed E-state index contributed by atoms with van der Waals surface area (Å²) in [5.41, 5.74) is 15.9. The maximum Gasteiger partial charge on any atom is 0.105 e. The standard InChI is InChI=1S/C51H31N5/c1-4-16-32(17-5-1)35-22-10-11-23-36(35)37-24-12-13-26-39(37)46-41(51-45(33-18-6-2-7-19-33)49(54-56-55-51)34-20-8-3-9-21-34)29-31-43-47(46)48-44(52-43)30-28-40-38-25-14-15-27-42(38)53-50(40)48/h1-31H. The van der Waals surface area contributed by atoms with Gasteiger partial charge in [-0.05, 0) is 68.9 Å². The molecule has 0 amide bonds. The molecule has 5 heteroatoms. The maximum atomic E-state index is 5.28. The van der Waals surface area contributed by atoms with Crippen molar-refractivity contribution in [3.8, 4) is 78.1 Å². The second-order valence-electron chi connectivity index (χ2n) is 14.0. The molecule has 5 nitrogen and oxygen atoms in total. The molecule has 2 aliphatic rings. The lowest BCUT2D eigenvalue weighted by atomic mass is 9.82. The minimum Gasteiger partial charge on any atom is -0.248 e. The molecule has 0 aliphatic carbocycles. The number of nitrogens with zero attached hydrogens (tertiary/aromatic N) is 5. The number of hydrogen-bond donors (Lipinski definition) is 0. The molecule has 11 rings (SSSR count). The molecule has 1 aromatic heterocycles. The smallest absolute Gasteiger partial charge is 0.105 e. The minimum absolute atomic E-state index is 0.746. The van der Waals surface area contributed by atoms with E-state index in [0.29, 0.717) is 0 Å². The van der Waals surface area contributed by atoms with E-state index in [-0.39, 0.29) is 0 Å². The second kappa shape index (κ2) is 13.0. The monoisotopic (exact) mass is 713 g/mol. The summed E-state index contributed by atoms with van der Waals surface area (Å²) in [4.78, 5) is 10.6. The first-order valence-electron chi connectivity index (χ1n) is 18.8. The molecule has 9 aromatic rings. The normalized spacial score (nSPS) is 11.9. The Morgan fingerprint density at radius 2 is 0.875 bits per heavy atom. The van der Waals surface area contributed by atoms with Crippen LogP contribution < -0.4 is 10.7 Å². The van der Waals surface area contributed by atoms with E-state index >= 15 is 0 Å². The van der Waals surface area contributed by atoms with Gasteiger partial charge in [0.05, 0.1) is 22.1 Å². The fourth-order valence-corrected chi connectivity index (χ4v) is 8.43. The predicted octanol–water partition coefficient (Wildman–Crippen LogP) is 11.4. The van der Waals surface area contributed by atoms with Crippen molar-refractivity contribution in [2.24, 2.45) is 9.98 Å². The van der Waals surface area contributed by atoms with Gasteiger partial charge in [0.1, 0.15) is 11.4 Å². The van der Waals surface area contributed by atoms with Crippen LogP contribution in [0.2, 0.25) is 0 Å². The lowest BCUT2D eigenvalue weighted by molar-refractivity contribution is 0.879. The molecule has 0 radical (unpaired) electrons. The van der Waals surface area contributed by atoms with E-state index in [1.165, 1.54) is 0 Å². The van der Waals surface area contributed by atoms with Gasteiger partial charge in [0, 0.05) is 43.8 Å². The van der Waals surface area contributed by atoms with Gasteiger partial charge in [-0.25, -0.2) is 9.98 Å². The Morgan fingerprint density at radius 3 is 1.62 bits per heavy atom. The first kappa shape index (κ1) is 31.9.